The molecule has 38 heavy (non-hydrogen) atoms. The van der Waals surface area contributed by atoms with E-state index in [0.29, 0.717) is 5.39 Å². The zero-order chi connectivity index (χ0) is 26.6. The molecule has 1 aromatic carbocycles. The van der Waals surface area contributed by atoms with Crippen molar-refractivity contribution in [2.24, 2.45) is 7.05 Å². The van der Waals surface area contributed by atoms with Crippen molar-refractivity contribution in [1.29, 1.82) is 0 Å². The topological polar surface area (TPSA) is 86.1 Å². The lowest BCUT2D eigenvalue weighted by Gasteiger charge is -2.36. The van der Waals surface area contributed by atoms with Gasteiger partial charge in [-0.25, -0.2) is 0 Å². The smallest absolute Gasteiger partial charge is 0.259 e. The number of likely N-dealkylation sites (tertiary alicyclic amines) is 2. The minimum absolute atomic E-state index is 0.0776. The molecule has 4 heterocycles. The third-order valence-corrected chi connectivity index (χ3v) is 7.83. The fraction of sp³-hybridized carbons (Fsp3) is 0.483. The predicted octanol–water partition coefficient (Wildman–Crippen LogP) is 3.22. The Hall–Kier alpha value is -3.43. The Labute approximate surface area is 222 Å². The molecule has 0 aliphatic carbocycles. The van der Waals surface area contributed by atoms with E-state index in [4.69, 9.17) is 14.2 Å². The lowest BCUT2D eigenvalue weighted by atomic mass is 9.98. The number of benzene rings is 1. The Kier molecular flexibility index (Phi) is 7.95. The number of carbonyl (C=O) groups excluding carboxylic acids is 1. The van der Waals surface area contributed by atoms with Gasteiger partial charge in [0.05, 0.1) is 37.4 Å². The summed E-state index contributed by atoms with van der Waals surface area (Å²) in [4.78, 5) is 32.0. The van der Waals surface area contributed by atoms with Crippen LogP contribution in [0.3, 0.4) is 0 Å². The van der Waals surface area contributed by atoms with Gasteiger partial charge in [0.1, 0.15) is 11.5 Å². The number of aromatic nitrogens is 2. The summed E-state index contributed by atoms with van der Waals surface area (Å²) in [6.07, 6.45) is 10.4. The van der Waals surface area contributed by atoms with Gasteiger partial charge in [0.15, 0.2) is 0 Å². The van der Waals surface area contributed by atoms with Crippen molar-refractivity contribution in [1.82, 2.24) is 19.4 Å². The van der Waals surface area contributed by atoms with Crippen LogP contribution < -0.4 is 15.0 Å². The Bertz CT molecular complexity index is 1320. The fourth-order valence-electron chi connectivity index (χ4n) is 5.65. The number of rotatable bonds is 8. The number of carbonyl (C=O) groups is 1. The molecule has 3 aromatic rings. The molecule has 2 saturated heterocycles. The normalized spacial score (nSPS) is 17.6. The highest BCUT2D eigenvalue weighted by Crippen LogP contribution is 2.38. The van der Waals surface area contributed by atoms with Crippen LogP contribution in [-0.4, -0.2) is 78.4 Å². The number of hydrogen-bond acceptors (Lipinski definition) is 7. The summed E-state index contributed by atoms with van der Waals surface area (Å²) in [5.41, 5.74) is 2.77. The molecule has 2 aromatic heterocycles. The van der Waals surface area contributed by atoms with E-state index in [0.717, 1.165) is 98.4 Å². The number of pyridine rings is 2. The van der Waals surface area contributed by atoms with E-state index in [1.165, 1.54) is 0 Å². The Morgan fingerprint density at radius 1 is 0.974 bits per heavy atom. The van der Waals surface area contributed by atoms with Crippen LogP contribution in [0.5, 0.6) is 11.5 Å². The number of ether oxygens (including phenoxy) is 3. The van der Waals surface area contributed by atoms with Crippen molar-refractivity contribution in [2.75, 3.05) is 40.4 Å². The van der Waals surface area contributed by atoms with E-state index < -0.39 is 0 Å². The molecule has 2 fully saturated rings. The number of aryl methyl sites for hydroxylation is 1. The van der Waals surface area contributed by atoms with Gasteiger partial charge in [-0.05, 0) is 54.8 Å². The SMILES string of the molecule is COc1cc(-c2cn(C)c(=O)c3cnccc23)cc(OC)c1CN1CCC(OC2CCN(C=O)CC2)CC1. The second-order valence-electron chi connectivity index (χ2n) is 10.2. The standard InChI is InChI=1S/C29H36N4O5/c1-31-17-25(23-4-9-30-16-24(23)29(31)35)20-14-27(36-2)26(28(15-20)37-3)18-32-10-5-21(6-11-32)38-22-7-12-33(19-34)13-8-22/h4,9,14-17,19,21-22H,5-8,10-13,18H2,1-3H3. The number of fused-ring (bicyclic) bond motifs is 1. The van der Waals surface area contributed by atoms with Gasteiger partial charge in [-0.15, -0.1) is 0 Å². The van der Waals surface area contributed by atoms with Crippen molar-refractivity contribution in [3.05, 3.63) is 52.7 Å². The van der Waals surface area contributed by atoms with Crippen molar-refractivity contribution < 1.29 is 19.0 Å². The maximum absolute atomic E-state index is 12.6. The highest BCUT2D eigenvalue weighted by atomic mass is 16.5. The van der Waals surface area contributed by atoms with Crippen LogP contribution in [0, 0.1) is 0 Å². The second kappa shape index (κ2) is 11.5. The van der Waals surface area contributed by atoms with Crippen LogP contribution in [0.1, 0.15) is 31.2 Å². The molecule has 0 spiro atoms. The van der Waals surface area contributed by atoms with Crippen LogP contribution in [0.25, 0.3) is 21.9 Å². The molecule has 0 unspecified atom stereocenters. The lowest BCUT2D eigenvalue weighted by Crippen LogP contribution is -2.41. The number of nitrogens with zero attached hydrogens (tertiary/aromatic N) is 4. The second-order valence-corrected chi connectivity index (χ2v) is 10.2. The Morgan fingerprint density at radius 3 is 2.21 bits per heavy atom. The number of piperidine rings is 2. The highest BCUT2D eigenvalue weighted by molar-refractivity contribution is 5.95. The highest BCUT2D eigenvalue weighted by Gasteiger charge is 2.27. The first-order chi connectivity index (χ1) is 18.5. The van der Waals surface area contributed by atoms with E-state index in [1.54, 1.807) is 38.2 Å². The number of amides is 1. The molecular weight excluding hydrogens is 484 g/mol. The van der Waals surface area contributed by atoms with Crippen molar-refractivity contribution >= 4 is 17.2 Å². The monoisotopic (exact) mass is 520 g/mol. The van der Waals surface area contributed by atoms with Crippen LogP contribution in [0.15, 0.2) is 41.6 Å². The minimum atomic E-state index is -0.0776. The summed E-state index contributed by atoms with van der Waals surface area (Å²) in [6, 6.07) is 5.93. The molecule has 1 amide bonds. The molecule has 0 N–H and O–H groups in total. The Morgan fingerprint density at radius 2 is 1.61 bits per heavy atom. The van der Waals surface area contributed by atoms with Gasteiger partial charge < -0.3 is 23.7 Å². The van der Waals surface area contributed by atoms with Gasteiger partial charge in [-0.1, -0.05) is 0 Å². The van der Waals surface area contributed by atoms with Crippen LogP contribution in [-0.2, 0) is 23.1 Å². The van der Waals surface area contributed by atoms with Gasteiger partial charge in [-0.2, -0.15) is 0 Å². The third-order valence-electron chi connectivity index (χ3n) is 7.83. The molecule has 9 nitrogen and oxygen atoms in total. The quantitative estimate of drug-likeness (QED) is 0.422. The summed E-state index contributed by atoms with van der Waals surface area (Å²) in [5.74, 6) is 1.52. The average molecular weight is 521 g/mol. The maximum atomic E-state index is 12.6. The van der Waals surface area contributed by atoms with E-state index in [1.807, 2.05) is 29.3 Å². The van der Waals surface area contributed by atoms with Crippen LogP contribution >= 0.6 is 0 Å². The van der Waals surface area contributed by atoms with Crippen molar-refractivity contribution in [3.8, 4) is 22.6 Å². The zero-order valence-electron chi connectivity index (χ0n) is 22.4. The molecule has 9 heteroatoms. The van der Waals surface area contributed by atoms with Crippen molar-refractivity contribution in [3.63, 3.8) is 0 Å². The minimum Gasteiger partial charge on any atom is -0.496 e. The van der Waals surface area contributed by atoms with Gasteiger partial charge in [-0.3, -0.25) is 19.5 Å². The third kappa shape index (κ3) is 5.39. The van der Waals surface area contributed by atoms with Gasteiger partial charge >= 0.3 is 0 Å². The molecule has 0 radical (unpaired) electrons. The van der Waals surface area contributed by atoms with E-state index in [9.17, 15) is 9.59 Å². The van der Waals surface area contributed by atoms with Gasteiger partial charge in [0.2, 0.25) is 6.41 Å². The van der Waals surface area contributed by atoms with E-state index in [2.05, 4.69) is 9.88 Å². The Balaban J connectivity index is 1.32. The largest absolute Gasteiger partial charge is 0.496 e. The molecule has 0 saturated carbocycles. The zero-order valence-corrected chi connectivity index (χ0v) is 22.4. The van der Waals surface area contributed by atoms with Crippen molar-refractivity contribution in [2.45, 2.75) is 44.4 Å². The lowest BCUT2D eigenvalue weighted by molar-refractivity contribution is -0.122. The number of hydrogen-bond donors (Lipinski definition) is 0. The molecule has 0 bridgehead atoms. The average Bonchev–Trinajstić information content (AvgIpc) is 2.96. The van der Waals surface area contributed by atoms with Crippen LogP contribution in [0.4, 0.5) is 0 Å². The maximum Gasteiger partial charge on any atom is 0.259 e. The molecule has 2 aliphatic rings. The first-order valence-corrected chi connectivity index (χ1v) is 13.3. The van der Waals surface area contributed by atoms with Crippen LogP contribution in [0.2, 0.25) is 0 Å². The molecule has 202 valence electrons. The van der Waals surface area contributed by atoms with Gasteiger partial charge in [0, 0.05) is 63.9 Å². The summed E-state index contributed by atoms with van der Waals surface area (Å²) in [5, 5.41) is 1.42. The molecule has 2 aliphatic heterocycles. The van der Waals surface area contributed by atoms with Gasteiger partial charge in [0.25, 0.3) is 5.56 Å². The predicted molar refractivity (Wildman–Crippen MR) is 146 cm³/mol. The molecule has 0 atom stereocenters. The molecular formula is C29H36N4O5. The molecule has 5 rings (SSSR count). The first kappa shape index (κ1) is 26.2. The van der Waals surface area contributed by atoms with E-state index >= 15 is 0 Å². The number of methoxy groups -OCH3 is 2. The summed E-state index contributed by atoms with van der Waals surface area (Å²) >= 11 is 0. The first-order valence-electron chi connectivity index (χ1n) is 13.3. The van der Waals surface area contributed by atoms with E-state index in [-0.39, 0.29) is 17.8 Å². The summed E-state index contributed by atoms with van der Waals surface area (Å²) < 4.78 is 19.7. The summed E-state index contributed by atoms with van der Waals surface area (Å²) in [7, 11) is 5.12. The summed E-state index contributed by atoms with van der Waals surface area (Å²) in [6.45, 7) is 4.16. The fourth-order valence-corrected chi connectivity index (χ4v) is 5.65.